The number of hydrogen-bond donors (Lipinski definition) is 0. The van der Waals surface area contributed by atoms with Crippen LogP contribution in [0.15, 0.2) is 46.9 Å². The van der Waals surface area contributed by atoms with Crippen molar-refractivity contribution in [3.63, 3.8) is 0 Å². The first-order chi connectivity index (χ1) is 13.1. The van der Waals surface area contributed by atoms with E-state index in [1.807, 2.05) is 18.2 Å². The van der Waals surface area contributed by atoms with Crippen LogP contribution in [0, 0.1) is 12.8 Å². The summed E-state index contributed by atoms with van der Waals surface area (Å²) in [6.45, 7) is 3.78. The third-order valence-electron chi connectivity index (χ3n) is 5.39. The summed E-state index contributed by atoms with van der Waals surface area (Å²) in [5.41, 5.74) is 4.04. The van der Waals surface area contributed by atoms with E-state index in [0.29, 0.717) is 12.2 Å². The van der Waals surface area contributed by atoms with Gasteiger partial charge in [-0.25, -0.2) is 4.98 Å². The highest BCUT2D eigenvalue weighted by molar-refractivity contribution is 5.78. The van der Waals surface area contributed by atoms with Crippen molar-refractivity contribution in [3.8, 4) is 5.75 Å². The molecule has 1 aliphatic rings. The Hall–Kier alpha value is -2.62. The highest BCUT2D eigenvalue weighted by Gasteiger charge is 2.25. The minimum Gasteiger partial charge on any atom is -0.490 e. The van der Waals surface area contributed by atoms with Crippen LogP contribution in [-0.4, -0.2) is 16.9 Å². The minimum absolute atomic E-state index is 0.178. The van der Waals surface area contributed by atoms with E-state index in [1.165, 1.54) is 11.1 Å². The molecule has 1 aromatic heterocycles. The summed E-state index contributed by atoms with van der Waals surface area (Å²) in [5.74, 6) is 2.06. The molecule has 0 spiro atoms. The molecule has 0 aliphatic heterocycles. The summed E-state index contributed by atoms with van der Waals surface area (Å²) in [4.78, 5) is 16.1. The maximum Gasteiger partial charge on any atom is 0.199 e. The molecule has 0 saturated heterocycles. The number of fused-ring (bicyclic) bond motifs is 1. The van der Waals surface area contributed by atoms with Crippen LogP contribution in [-0.2, 0) is 11.2 Å². The second-order valence-electron chi connectivity index (χ2n) is 7.61. The van der Waals surface area contributed by atoms with Gasteiger partial charge in [-0.3, -0.25) is 4.79 Å². The number of benzene rings is 2. The zero-order valence-electron chi connectivity index (χ0n) is 15.9. The van der Waals surface area contributed by atoms with Crippen molar-refractivity contribution in [2.75, 3.05) is 0 Å². The second kappa shape index (κ2) is 7.55. The van der Waals surface area contributed by atoms with Crippen LogP contribution >= 0.6 is 0 Å². The van der Waals surface area contributed by atoms with Crippen LogP contribution < -0.4 is 4.74 Å². The quantitative estimate of drug-likeness (QED) is 0.621. The van der Waals surface area contributed by atoms with Gasteiger partial charge in [0.2, 0.25) is 0 Å². The SMILES string of the molecule is Cc1cccc(Cc2nc3cc(O[C@H]4CC[C@@H](C(C)=O)CC4)ccc3o2)c1. The molecule has 4 heteroatoms. The molecule has 140 valence electrons. The third-order valence-corrected chi connectivity index (χ3v) is 5.39. The standard InChI is InChI=1S/C23H25NO3/c1-15-4-3-5-17(12-15)13-23-24-21-14-20(10-11-22(21)27-23)26-19-8-6-18(7-9-19)16(2)25/h3-5,10-12,14,18-19H,6-9,13H2,1-2H3/t18-,19+. The molecule has 0 unspecified atom stereocenters. The smallest absolute Gasteiger partial charge is 0.199 e. The zero-order chi connectivity index (χ0) is 18.8. The van der Waals surface area contributed by atoms with Crippen LogP contribution in [0.1, 0.15) is 49.6 Å². The van der Waals surface area contributed by atoms with Crippen molar-refractivity contribution in [2.45, 2.75) is 52.1 Å². The Bertz CT molecular complexity index is 951. The Labute approximate surface area is 159 Å². The molecule has 4 rings (SSSR count). The monoisotopic (exact) mass is 363 g/mol. The lowest BCUT2D eigenvalue weighted by atomic mass is 9.85. The number of ether oxygens (including phenoxy) is 1. The second-order valence-corrected chi connectivity index (χ2v) is 7.61. The van der Waals surface area contributed by atoms with E-state index in [2.05, 4.69) is 36.2 Å². The van der Waals surface area contributed by atoms with E-state index in [4.69, 9.17) is 9.15 Å². The van der Waals surface area contributed by atoms with Gasteiger partial charge in [0, 0.05) is 18.4 Å². The van der Waals surface area contributed by atoms with Crippen molar-refractivity contribution < 1.29 is 13.9 Å². The highest BCUT2D eigenvalue weighted by atomic mass is 16.5. The number of nitrogens with zero attached hydrogens (tertiary/aromatic N) is 1. The maximum atomic E-state index is 11.5. The molecule has 0 bridgehead atoms. The van der Waals surface area contributed by atoms with Crippen molar-refractivity contribution >= 4 is 16.9 Å². The third kappa shape index (κ3) is 4.21. The van der Waals surface area contributed by atoms with Crippen LogP contribution in [0.5, 0.6) is 5.75 Å². The number of Topliss-reactive ketones (excluding diaryl/α,β-unsaturated/α-hetero) is 1. The number of oxazole rings is 1. The molecule has 0 amide bonds. The molecule has 3 aromatic rings. The molecule has 1 aliphatic carbocycles. The van der Waals surface area contributed by atoms with E-state index in [0.717, 1.165) is 48.4 Å². The van der Waals surface area contributed by atoms with Crippen molar-refractivity contribution in [1.82, 2.24) is 4.98 Å². The van der Waals surface area contributed by atoms with Gasteiger partial charge in [-0.15, -0.1) is 0 Å². The Balaban J connectivity index is 1.44. The molecular weight excluding hydrogens is 338 g/mol. The summed E-state index contributed by atoms with van der Waals surface area (Å²) in [5, 5.41) is 0. The van der Waals surface area contributed by atoms with E-state index in [9.17, 15) is 4.79 Å². The summed E-state index contributed by atoms with van der Waals surface area (Å²) in [6, 6.07) is 14.2. The summed E-state index contributed by atoms with van der Waals surface area (Å²) in [7, 11) is 0. The van der Waals surface area contributed by atoms with Crippen LogP contribution in [0.3, 0.4) is 0 Å². The molecular formula is C23H25NO3. The van der Waals surface area contributed by atoms with Crippen molar-refractivity contribution in [2.24, 2.45) is 5.92 Å². The summed E-state index contributed by atoms with van der Waals surface area (Å²) in [6.07, 6.45) is 4.57. The largest absolute Gasteiger partial charge is 0.490 e. The van der Waals surface area contributed by atoms with Gasteiger partial charge in [-0.1, -0.05) is 29.8 Å². The molecule has 0 radical (unpaired) electrons. The van der Waals surface area contributed by atoms with Gasteiger partial charge in [0.05, 0.1) is 6.10 Å². The fraction of sp³-hybridized carbons (Fsp3) is 0.391. The first-order valence-corrected chi connectivity index (χ1v) is 9.69. The van der Waals surface area contributed by atoms with Crippen LogP contribution in [0.4, 0.5) is 0 Å². The Morgan fingerprint density at radius 2 is 1.96 bits per heavy atom. The molecule has 2 aromatic carbocycles. The zero-order valence-corrected chi connectivity index (χ0v) is 15.9. The summed E-state index contributed by atoms with van der Waals surface area (Å²) >= 11 is 0. The Kier molecular flexibility index (Phi) is 4.97. The van der Waals surface area contributed by atoms with E-state index in [1.54, 1.807) is 6.92 Å². The van der Waals surface area contributed by atoms with Gasteiger partial charge in [0.25, 0.3) is 0 Å². The lowest BCUT2D eigenvalue weighted by Gasteiger charge is -2.27. The van der Waals surface area contributed by atoms with Gasteiger partial charge in [0.15, 0.2) is 11.5 Å². The molecule has 1 fully saturated rings. The molecule has 1 saturated carbocycles. The normalized spacial score (nSPS) is 19.9. The van der Waals surface area contributed by atoms with E-state index >= 15 is 0 Å². The average Bonchev–Trinajstić information content (AvgIpc) is 3.03. The van der Waals surface area contributed by atoms with Gasteiger partial charge < -0.3 is 9.15 Å². The number of carbonyl (C=O) groups is 1. The van der Waals surface area contributed by atoms with E-state index in [-0.39, 0.29) is 12.0 Å². The number of hydrogen-bond acceptors (Lipinski definition) is 4. The van der Waals surface area contributed by atoms with Crippen molar-refractivity contribution in [1.29, 1.82) is 0 Å². The lowest BCUT2D eigenvalue weighted by Crippen LogP contribution is -2.26. The number of carbonyl (C=O) groups excluding carboxylic acids is 1. The molecule has 1 heterocycles. The highest BCUT2D eigenvalue weighted by Crippen LogP contribution is 2.30. The predicted octanol–water partition coefficient (Wildman–Crippen LogP) is 5.25. The first-order valence-electron chi connectivity index (χ1n) is 9.69. The molecule has 27 heavy (non-hydrogen) atoms. The Morgan fingerprint density at radius 3 is 2.70 bits per heavy atom. The maximum absolute atomic E-state index is 11.5. The number of aromatic nitrogens is 1. The van der Waals surface area contributed by atoms with Gasteiger partial charge in [-0.2, -0.15) is 0 Å². The van der Waals surface area contributed by atoms with Gasteiger partial charge in [0.1, 0.15) is 17.0 Å². The average molecular weight is 363 g/mol. The summed E-state index contributed by atoms with van der Waals surface area (Å²) < 4.78 is 12.0. The number of ketones is 1. The topological polar surface area (TPSA) is 52.3 Å². The minimum atomic E-state index is 0.178. The fourth-order valence-corrected chi connectivity index (χ4v) is 3.88. The predicted molar refractivity (Wildman–Crippen MR) is 105 cm³/mol. The molecule has 0 N–H and O–H groups in total. The van der Waals surface area contributed by atoms with E-state index < -0.39 is 0 Å². The lowest BCUT2D eigenvalue weighted by molar-refractivity contribution is -0.122. The van der Waals surface area contributed by atoms with Gasteiger partial charge in [-0.05, 0) is 57.2 Å². The van der Waals surface area contributed by atoms with Crippen LogP contribution in [0.2, 0.25) is 0 Å². The van der Waals surface area contributed by atoms with Gasteiger partial charge >= 0.3 is 0 Å². The fourth-order valence-electron chi connectivity index (χ4n) is 3.88. The van der Waals surface area contributed by atoms with Crippen LogP contribution in [0.25, 0.3) is 11.1 Å². The first kappa shape index (κ1) is 17.8. The number of rotatable bonds is 5. The molecule has 4 nitrogen and oxygen atoms in total. The Morgan fingerprint density at radius 1 is 1.15 bits per heavy atom. The molecule has 0 atom stereocenters. The van der Waals surface area contributed by atoms with Crippen molar-refractivity contribution in [3.05, 3.63) is 59.5 Å². The number of aryl methyl sites for hydroxylation is 1.